The Morgan fingerprint density at radius 2 is 2.00 bits per heavy atom. The molecule has 2 fully saturated rings. The molecule has 0 amide bonds. The van der Waals surface area contributed by atoms with Gasteiger partial charge in [0.1, 0.15) is 11.1 Å². The fourth-order valence-electron chi connectivity index (χ4n) is 4.58. The largest absolute Gasteiger partial charge is 0.483 e. The third kappa shape index (κ3) is 5.70. The number of hydrogen-bond donors (Lipinski definition) is 2. The first-order chi connectivity index (χ1) is 15.8. The molecule has 0 aliphatic carbocycles. The van der Waals surface area contributed by atoms with Gasteiger partial charge in [0.05, 0.1) is 5.41 Å². The minimum atomic E-state index is -4.44. The predicted molar refractivity (Wildman–Crippen MR) is 113 cm³/mol. The number of nitrogens with zero attached hydrogens (tertiary/aromatic N) is 2. The molecule has 182 valence electrons. The molecular weight excluding hydrogens is 443 g/mol. The van der Waals surface area contributed by atoms with Gasteiger partial charge < -0.3 is 29.3 Å². The zero-order valence-electron chi connectivity index (χ0n) is 18.2. The third-order valence-corrected chi connectivity index (χ3v) is 6.55. The standard InChI is InChI=1S/C22H28F3N3O5/c23-22(24,25)14-32-16-2-1-3-17-18(16)19(27-33-17)26-12-15-4-8-28(9-5-15)13-21(20(29)30)6-10-31-11-7-21/h1-3,15H,4-14H2,(H,26,27)(H,29,30). The molecule has 2 saturated heterocycles. The molecule has 2 aromatic rings. The number of fused-ring (bicyclic) bond motifs is 1. The van der Waals surface area contributed by atoms with E-state index in [0.717, 1.165) is 25.9 Å². The Morgan fingerprint density at radius 1 is 1.27 bits per heavy atom. The molecule has 8 nitrogen and oxygen atoms in total. The summed E-state index contributed by atoms with van der Waals surface area (Å²) in [7, 11) is 0. The fourth-order valence-corrected chi connectivity index (χ4v) is 4.58. The van der Waals surface area contributed by atoms with Gasteiger partial charge in [-0.3, -0.25) is 4.79 Å². The van der Waals surface area contributed by atoms with Crippen molar-refractivity contribution < 1.29 is 37.1 Å². The molecule has 0 unspecified atom stereocenters. The number of rotatable bonds is 8. The fraction of sp³-hybridized carbons (Fsp3) is 0.636. The van der Waals surface area contributed by atoms with Gasteiger partial charge in [0, 0.05) is 26.3 Å². The number of aliphatic carboxylic acids is 1. The molecule has 4 rings (SSSR count). The van der Waals surface area contributed by atoms with Crippen LogP contribution < -0.4 is 10.1 Å². The van der Waals surface area contributed by atoms with E-state index in [0.29, 0.717) is 61.8 Å². The summed E-state index contributed by atoms with van der Waals surface area (Å²) in [5, 5.41) is 17.3. The monoisotopic (exact) mass is 471 g/mol. The first-order valence-electron chi connectivity index (χ1n) is 11.1. The summed E-state index contributed by atoms with van der Waals surface area (Å²) >= 11 is 0. The van der Waals surface area contributed by atoms with Crippen molar-refractivity contribution in [3.8, 4) is 5.75 Å². The van der Waals surface area contributed by atoms with E-state index in [1.807, 2.05) is 0 Å². The highest BCUT2D eigenvalue weighted by Gasteiger charge is 2.42. The number of piperidine rings is 1. The Kier molecular flexibility index (Phi) is 6.99. The van der Waals surface area contributed by atoms with Crippen LogP contribution in [-0.2, 0) is 9.53 Å². The van der Waals surface area contributed by atoms with Crippen LogP contribution in [0, 0.1) is 11.3 Å². The van der Waals surface area contributed by atoms with Gasteiger partial charge >= 0.3 is 12.1 Å². The maximum absolute atomic E-state index is 12.6. The van der Waals surface area contributed by atoms with Crippen molar-refractivity contribution in [2.24, 2.45) is 11.3 Å². The number of benzene rings is 1. The van der Waals surface area contributed by atoms with Crippen LogP contribution >= 0.6 is 0 Å². The molecule has 33 heavy (non-hydrogen) atoms. The van der Waals surface area contributed by atoms with Crippen molar-refractivity contribution in [3.05, 3.63) is 18.2 Å². The summed E-state index contributed by atoms with van der Waals surface area (Å²) in [6.45, 7) is 2.27. The van der Waals surface area contributed by atoms with Crippen LogP contribution in [0.3, 0.4) is 0 Å². The number of nitrogens with one attached hydrogen (secondary N) is 1. The minimum absolute atomic E-state index is 0.0684. The molecule has 2 aliphatic rings. The van der Waals surface area contributed by atoms with Gasteiger partial charge in [0.15, 0.2) is 18.0 Å². The minimum Gasteiger partial charge on any atom is -0.483 e. The van der Waals surface area contributed by atoms with Crippen LogP contribution in [-0.4, -0.2) is 73.3 Å². The summed E-state index contributed by atoms with van der Waals surface area (Å²) in [5.41, 5.74) is -0.391. The van der Waals surface area contributed by atoms with E-state index in [-0.39, 0.29) is 5.75 Å². The highest BCUT2D eigenvalue weighted by Crippen LogP contribution is 2.35. The lowest BCUT2D eigenvalue weighted by molar-refractivity contribution is -0.157. The van der Waals surface area contributed by atoms with E-state index < -0.39 is 24.2 Å². The van der Waals surface area contributed by atoms with Gasteiger partial charge in [-0.05, 0) is 56.8 Å². The van der Waals surface area contributed by atoms with Gasteiger partial charge in [0.25, 0.3) is 0 Å². The Morgan fingerprint density at radius 3 is 2.67 bits per heavy atom. The lowest BCUT2D eigenvalue weighted by Gasteiger charge is -2.40. The summed E-state index contributed by atoms with van der Waals surface area (Å²) in [4.78, 5) is 14.1. The van der Waals surface area contributed by atoms with Crippen LogP contribution in [0.2, 0.25) is 0 Å². The maximum Gasteiger partial charge on any atom is 0.422 e. The second kappa shape index (κ2) is 9.76. The Hall–Kier alpha value is -2.53. The molecule has 0 atom stereocenters. The van der Waals surface area contributed by atoms with Gasteiger partial charge in [0.2, 0.25) is 0 Å². The molecule has 0 spiro atoms. The summed E-state index contributed by atoms with van der Waals surface area (Å²) < 4.78 is 53.3. The second-order valence-electron chi connectivity index (χ2n) is 8.86. The van der Waals surface area contributed by atoms with Crippen LogP contribution in [0.4, 0.5) is 19.0 Å². The van der Waals surface area contributed by atoms with Crippen molar-refractivity contribution in [2.75, 3.05) is 51.3 Å². The van der Waals surface area contributed by atoms with Crippen LogP contribution in [0.25, 0.3) is 11.0 Å². The van der Waals surface area contributed by atoms with Gasteiger partial charge in [-0.1, -0.05) is 11.2 Å². The van der Waals surface area contributed by atoms with Gasteiger partial charge in [-0.2, -0.15) is 13.2 Å². The Balaban J connectivity index is 1.32. The average molecular weight is 471 g/mol. The van der Waals surface area contributed by atoms with Gasteiger partial charge in [-0.25, -0.2) is 0 Å². The quantitative estimate of drug-likeness (QED) is 0.601. The number of anilines is 1. The lowest BCUT2D eigenvalue weighted by atomic mass is 9.79. The van der Waals surface area contributed by atoms with E-state index in [1.54, 1.807) is 12.1 Å². The lowest BCUT2D eigenvalue weighted by Crippen LogP contribution is -2.49. The maximum atomic E-state index is 12.6. The number of aromatic nitrogens is 1. The first kappa shape index (κ1) is 23.6. The normalized spacial score (nSPS) is 20.1. The molecule has 1 aromatic carbocycles. The van der Waals surface area contributed by atoms with Gasteiger partial charge in [-0.15, -0.1) is 0 Å². The summed E-state index contributed by atoms with van der Waals surface area (Å²) in [6.07, 6.45) is -1.62. The molecule has 0 saturated carbocycles. The molecular formula is C22H28F3N3O5. The van der Waals surface area contributed by atoms with E-state index in [1.165, 1.54) is 6.07 Å². The first-order valence-corrected chi connectivity index (χ1v) is 11.1. The molecule has 2 N–H and O–H groups in total. The zero-order valence-corrected chi connectivity index (χ0v) is 18.2. The van der Waals surface area contributed by atoms with Crippen LogP contribution in [0.15, 0.2) is 22.7 Å². The third-order valence-electron chi connectivity index (χ3n) is 6.55. The Labute approximate surface area is 189 Å². The topological polar surface area (TPSA) is 97.1 Å². The SMILES string of the molecule is O=C(O)C1(CN2CCC(CNc3noc4cccc(OCC(F)(F)F)c34)CC2)CCOCC1. The van der Waals surface area contributed by atoms with Crippen molar-refractivity contribution in [3.63, 3.8) is 0 Å². The number of alkyl halides is 3. The number of halogens is 3. The number of carbonyl (C=O) groups is 1. The molecule has 3 heterocycles. The highest BCUT2D eigenvalue weighted by molar-refractivity contribution is 5.93. The molecule has 0 bridgehead atoms. The summed E-state index contributed by atoms with van der Waals surface area (Å²) in [6, 6.07) is 4.64. The molecule has 0 radical (unpaired) electrons. The number of likely N-dealkylation sites (tertiary alicyclic amines) is 1. The van der Waals surface area contributed by atoms with Crippen LogP contribution in [0.5, 0.6) is 5.75 Å². The molecule has 1 aromatic heterocycles. The number of hydrogen-bond acceptors (Lipinski definition) is 7. The summed E-state index contributed by atoms with van der Waals surface area (Å²) in [5.74, 6) is -0.00108. The zero-order chi connectivity index (χ0) is 23.5. The Bertz CT molecular complexity index is 950. The second-order valence-corrected chi connectivity index (χ2v) is 8.86. The highest BCUT2D eigenvalue weighted by atomic mass is 19.4. The van der Waals surface area contributed by atoms with Crippen molar-refractivity contribution >= 4 is 22.8 Å². The predicted octanol–water partition coefficient (Wildman–Crippen LogP) is 3.77. The number of ether oxygens (including phenoxy) is 2. The molecule has 11 heteroatoms. The van der Waals surface area contributed by atoms with E-state index in [9.17, 15) is 23.1 Å². The smallest absolute Gasteiger partial charge is 0.422 e. The average Bonchev–Trinajstić information content (AvgIpc) is 3.21. The van der Waals surface area contributed by atoms with Crippen molar-refractivity contribution in [2.45, 2.75) is 31.9 Å². The van der Waals surface area contributed by atoms with Crippen LogP contribution in [0.1, 0.15) is 25.7 Å². The van der Waals surface area contributed by atoms with E-state index in [4.69, 9.17) is 14.0 Å². The van der Waals surface area contributed by atoms with Crippen molar-refractivity contribution in [1.82, 2.24) is 10.1 Å². The molecule has 2 aliphatic heterocycles. The number of carboxylic acids is 1. The van der Waals surface area contributed by atoms with Crippen molar-refractivity contribution in [1.29, 1.82) is 0 Å². The van der Waals surface area contributed by atoms with E-state index in [2.05, 4.69) is 15.4 Å². The van der Waals surface area contributed by atoms with E-state index >= 15 is 0 Å². The number of carboxylic acid groups (broad SMARTS) is 1.